The Bertz CT molecular complexity index is 1700. The number of nitrogens with zero attached hydrogens (tertiary/aromatic N) is 2. The van der Waals surface area contributed by atoms with Crippen LogP contribution in [0, 0.1) is 25.7 Å². The molecule has 4 aromatic rings. The van der Waals surface area contributed by atoms with E-state index in [2.05, 4.69) is 0 Å². The van der Waals surface area contributed by atoms with Crippen LogP contribution in [0.15, 0.2) is 72.8 Å². The molecule has 2 fully saturated rings. The largest absolute Gasteiger partial charge is 0.451 e. The van der Waals surface area contributed by atoms with Gasteiger partial charge in [0.1, 0.15) is 0 Å². The minimum atomic E-state index is -0.977. The molecule has 2 heterocycles. The molecule has 7 heteroatoms. The Hall–Kier alpha value is -4.65. The number of ketones is 1. The number of anilines is 1. The zero-order valence-electron chi connectivity index (χ0n) is 23.9. The summed E-state index contributed by atoms with van der Waals surface area (Å²) in [4.78, 5) is 58.7. The summed E-state index contributed by atoms with van der Waals surface area (Å²) < 4.78 is 5.68. The van der Waals surface area contributed by atoms with Gasteiger partial charge in [0, 0.05) is 16.5 Å². The number of imide groups is 1. The lowest BCUT2D eigenvalue weighted by Gasteiger charge is -2.19. The van der Waals surface area contributed by atoms with Crippen LogP contribution in [-0.2, 0) is 14.3 Å². The van der Waals surface area contributed by atoms with Crippen LogP contribution in [0.2, 0.25) is 0 Å². The molecule has 2 amide bonds. The lowest BCUT2D eigenvalue weighted by Crippen LogP contribution is -2.30. The predicted molar refractivity (Wildman–Crippen MR) is 160 cm³/mol. The summed E-state index contributed by atoms with van der Waals surface area (Å²) in [5.74, 6) is -1.56. The Morgan fingerprint density at radius 3 is 2.10 bits per heavy atom. The highest BCUT2D eigenvalue weighted by atomic mass is 16.5. The Morgan fingerprint density at radius 1 is 0.833 bits per heavy atom. The minimum Gasteiger partial charge on any atom is -0.451 e. The van der Waals surface area contributed by atoms with E-state index >= 15 is 0 Å². The molecule has 0 radical (unpaired) electrons. The van der Waals surface area contributed by atoms with Crippen molar-refractivity contribution in [3.63, 3.8) is 0 Å². The number of aromatic nitrogens is 1. The smallest absolute Gasteiger partial charge is 0.339 e. The monoisotopic (exact) mass is 560 g/mol. The highest BCUT2D eigenvalue weighted by Gasteiger charge is 2.48. The van der Waals surface area contributed by atoms with Crippen molar-refractivity contribution in [1.82, 2.24) is 4.98 Å². The lowest BCUT2D eigenvalue weighted by molar-refractivity contribution is -0.122. The van der Waals surface area contributed by atoms with Crippen molar-refractivity contribution < 1.29 is 23.9 Å². The van der Waals surface area contributed by atoms with E-state index < -0.39 is 12.1 Å². The fraction of sp³-hybridized carbons (Fsp3) is 0.286. The molecule has 1 aliphatic carbocycles. The third-order valence-electron chi connectivity index (χ3n) is 8.44. The summed E-state index contributed by atoms with van der Waals surface area (Å²) >= 11 is 0. The summed E-state index contributed by atoms with van der Waals surface area (Å²) in [5, 5.41) is 0.631. The van der Waals surface area contributed by atoms with E-state index in [1.165, 1.54) is 4.90 Å². The molecular formula is C35H32N2O5. The van der Waals surface area contributed by atoms with Gasteiger partial charge in [-0.15, -0.1) is 0 Å². The second-order valence-corrected chi connectivity index (χ2v) is 11.4. The Morgan fingerprint density at radius 2 is 1.45 bits per heavy atom. The van der Waals surface area contributed by atoms with E-state index in [-0.39, 0.29) is 29.4 Å². The van der Waals surface area contributed by atoms with Gasteiger partial charge in [-0.25, -0.2) is 9.78 Å². The van der Waals surface area contributed by atoms with Crippen LogP contribution >= 0.6 is 0 Å². The van der Waals surface area contributed by atoms with E-state index in [0.29, 0.717) is 33.4 Å². The first-order valence-corrected chi connectivity index (χ1v) is 14.4. The standard InChI is InChI=1S/C35H32N2O5/c1-20-8-11-24(12-9-20)32(38)22(3)42-35(41)29-19-31(36-30-17-10-21(2)18-28(29)30)23-13-15-25(16-14-23)37-33(39)26-6-4-5-7-27(26)34(37)40/h8-19,22,26-27H,4-7H2,1-3H3/t22-,26+,27+/m0/s1. The molecule has 1 aromatic heterocycles. The van der Waals surface area contributed by atoms with Gasteiger partial charge in [-0.3, -0.25) is 19.3 Å². The summed E-state index contributed by atoms with van der Waals surface area (Å²) in [5.41, 5.74) is 5.19. The fourth-order valence-corrected chi connectivity index (χ4v) is 6.08. The van der Waals surface area contributed by atoms with Crippen LogP contribution in [0.1, 0.15) is 64.4 Å². The number of carbonyl (C=O) groups is 4. The molecule has 1 aliphatic heterocycles. The van der Waals surface area contributed by atoms with E-state index in [0.717, 1.165) is 42.4 Å². The van der Waals surface area contributed by atoms with Crippen molar-refractivity contribution in [2.75, 3.05) is 4.90 Å². The van der Waals surface area contributed by atoms with Gasteiger partial charge in [-0.2, -0.15) is 0 Å². The van der Waals surface area contributed by atoms with Crippen LogP contribution < -0.4 is 4.90 Å². The molecule has 3 atom stereocenters. The van der Waals surface area contributed by atoms with Gasteiger partial charge in [0.05, 0.1) is 34.3 Å². The normalized spacial score (nSPS) is 19.1. The maximum absolute atomic E-state index is 13.5. The van der Waals surface area contributed by atoms with Gasteiger partial charge in [0.25, 0.3) is 0 Å². The van der Waals surface area contributed by atoms with Crippen molar-refractivity contribution in [3.05, 3.63) is 95.1 Å². The molecular weight excluding hydrogens is 528 g/mol. The first-order chi connectivity index (χ1) is 20.2. The number of esters is 1. The number of amides is 2. The zero-order chi connectivity index (χ0) is 29.5. The molecule has 0 bridgehead atoms. The summed E-state index contributed by atoms with van der Waals surface area (Å²) in [7, 11) is 0. The molecule has 7 nitrogen and oxygen atoms in total. The Labute approximate surface area is 244 Å². The van der Waals surface area contributed by atoms with E-state index in [1.54, 1.807) is 49.4 Å². The zero-order valence-corrected chi connectivity index (χ0v) is 23.9. The first kappa shape index (κ1) is 27.5. The van der Waals surface area contributed by atoms with Gasteiger partial charge in [-0.05, 0) is 63.9 Å². The average Bonchev–Trinajstić information content (AvgIpc) is 3.26. The SMILES string of the molecule is Cc1ccc(C(=O)[C@H](C)OC(=O)c2cc(-c3ccc(N4C(=O)[C@@H]5CCCC[C@H]5C4=O)cc3)nc3ccc(C)cc23)cc1. The Kier molecular flexibility index (Phi) is 7.19. The van der Waals surface area contributed by atoms with E-state index in [9.17, 15) is 19.2 Å². The number of rotatable bonds is 6. The second kappa shape index (κ2) is 11.0. The van der Waals surface area contributed by atoms with E-state index in [4.69, 9.17) is 9.72 Å². The van der Waals surface area contributed by atoms with Crippen LogP contribution in [0.5, 0.6) is 0 Å². The van der Waals surface area contributed by atoms with Crippen LogP contribution in [0.25, 0.3) is 22.2 Å². The van der Waals surface area contributed by atoms with Crippen LogP contribution in [0.4, 0.5) is 5.69 Å². The predicted octanol–water partition coefficient (Wildman–Crippen LogP) is 6.63. The summed E-state index contributed by atoms with van der Waals surface area (Å²) in [6.07, 6.45) is 2.50. The molecule has 6 rings (SSSR count). The minimum absolute atomic E-state index is 0.115. The van der Waals surface area contributed by atoms with Crippen molar-refractivity contribution >= 4 is 40.2 Å². The molecule has 1 saturated carbocycles. The van der Waals surface area contributed by atoms with Gasteiger partial charge < -0.3 is 4.74 Å². The fourth-order valence-electron chi connectivity index (χ4n) is 6.08. The second-order valence-electron chi connectivity index (χ2n) is 11.4. The van der Waals surface area contributed by atoms with Crippen LogP contribution in [-0.4, -0.2) is 34.7 Å². The first-order valence-electron chi connectivity index (χ1n) is 14.4. The number of hydrogen-bond donors (Lipinski definition) is 0. The molecule has 212 valence electrons. The molecule has 0 unspecified atom stereocenters. The maximum Gasteiger partial charge on any atom is 0.339 e. The van der Waals surface area contributed by atoms with Crippen molar-refractivity contribution in [1.29, 1.82) is 0 Å². The summed E-state index contributed by atoms with van der Waals surface area (Å²) in [6, 6.07) is 21.6. The molecule has 0 spiro atoms. The number of carbonyl (C=O) groups excluding carboxylic acids is 4. The number of ether oxygens (including phenoxy) is 1. The quantitative estimate of drug-likeness (QED) is 0.149. The number of Topliss-reactive ketones (excluding diaryl/α,β-unsaturated/α-hetero) is 1. The van der Waals surface area contributed by atoms with Crippen molar-refractivity contribution in [3.8, 4) is 11.3 Å². The van der Waals surface area contributed by atoms with Crippen molar-refractivity contribution in [2.24, 2.45) is 11.8 Å². The van der Waals surface area contributed by atoms with Gasteiger partial charge >= 0.3 is 5.97 Å². The number of fused-ring (bicyclic) bond motifs is 2. The maximum atomic E-state index is 13.5. The number of benzene rings is 3. The number of hydrogen-bond acceptors (Lipinski definition) is 6. The molecule has 42 heavy (non-hydrogen) atoms. The van der Waals surface area contributed by atoms with Gasteiger partial charge in [0.2, 0.25) is 17.6 Å². The third kappa shape index (κ3) is 5.00. The number of pyridine rings is 1. The molecule has 0 N–H and O–H groups in total. The Balaban J connectivity index is 1.30. The highest BCUT2D eigenvalue weighted by Crippen LogP contribution is 2.40. The summed E-state index contributed by atoms with van der Waals surface area (Å²) in [6.45, 7) is 5.45. The van der Waals surface area contributed by atoms with Crippen LogP contribution in [0.3, 0.4) is 0 Å². The van der Waals surface area contributed by atoms with Gasteiger partial charge in [0.15, 0.2) is 6.10 Å². The average molecular weight is 561 g/mol. The molecule has 1 saturated heterocycles. The number of aryl methyl sites for hydroxylation is 2. The highest BCUT2D eigenvalue weighted by molar-refractivity contribution is 6.22. The topological polar surface area (TPSA) is 93.6 Å². The third-order valence-corrected chi connectivity index (χ3v) is 8.44. The van der Waals surface area contributed by atoms with Crippen molar-refractivity contribution in [2.45, 2.75) is 52.6 Å². The lowest BCUT2D eigenvalue weighted by atomic mass is 9.81. The molecule has 2 aliphatic rings. The van der Waals surface area contributed by atoms with E-state index in [1.807, 2.05) is 44.2 Å². The molecule has 3 aromatic carbocycles. The van der Waals surface area contributed by atoms with Gasteiger partial charge in [-0.1, -0.05) is 66.4 Å².